The standard InChI is InChI=1S/C25H28N2O3S/c1-5-19-8-7-9-20(6-2)24(19)26-25(28)21-13-12-18(4)23(16-21)31(29,30)27-22-14-10-17(3)11-15-22/h7-16,27H,5-6H2,1-4H3,(H,26,28). The number of carbonyl (C=O) groups is 1. The van der Waals surface area contributed by atoms with Crippen LogP contribution in [-0.4, -0.2) is 14.3 Å². The number of para-hydroxylation sites is 1. The molecule has 3 rings (SSSR count). The Morgan fingerprint density at radius 3 is 2.06 bits per heavy atom. The molecule has 0 fully saturated rings. The van der Waals surface area contributed by atoms with E-state index in [-0.39, 0.29) is 10.8 Å². The smallest absolute Gasteiger partial charge is 0.262 e. The average Bonchev–Trinajstić information content (AvgIpc) is 2.75. The monoisotopic (exact) mass is 436 g/mol. The fraction of sp³-hybridized carbons (Fsp3) is 0.240. The van der Waals surface area contributed by atoms with Crippen molar-refractivity contribution in [1.82, 2.24) is 0 Å². The first-order valence-electron chi connectivity index (χ1n) is 10.4. The Bertz CT molecular complexity index is 1180. The van der Waals surface area contributed by atoms with Crippen LogP contribution in [0.5, 0.6) is 0 Å². The van der Waals surface area contributed by atoms with Crippen LogP contribution in [0.15, 0.2) is 65.6 Å². The summed E-state index contributed by atoms with van der Waals surface area (Å²) in [6.07, 6.45) is 1.58. The lowest BCUT2D eigenvalue weighted by Gasteiger charge is -2.16. The highest BCUT2D eigenvalue weighted by Gasteiger charge is 2.20. The molecule has 0 aliphatic heterocycles. The van der Waals surface area contributed by atoms with Gasteiger partial charge in [0.05, 0.1) is 4.90 Å². The lowest BCUT2D eigenvalue weighted by molar-refractivity contribution is 0.102. The molecule has 1 amide bonds. The Morgan fingerprint density at radius 2 is 1.48 bits per heavy atom. The topological polar surface area (TPSA) is 75.3 Å². The summed E-state index contributed by atoms with van der Waals surface area (Å²) in [4.78, 5) is 13.1. The van der Waals surface area contributed by atoms with E-state index >= 15 is 0 Å². The van der Waals surface area contributed by atoms with Gasteiger partial charge in [-0.2, -0.15) is 0 Å². The molecule has 0 radical (unpaired) electrons. The second-order valence-corrected chi connectivity index (χ2v) is 9.22. The predicted molar refractivity (Wildman–Crippen MR) is 126 cm³/mol. The molecule has 0 aromatic heterocycles. The largest absolute Gasteiger partial charge is 0.321 e. The first kappa shape index (κ1) is 22.6. The van der Waals surface area contributed by atoms with Gasteiger partial charge < -0.3 is 5.32 Å². The Labute approximate surface area is 184 Å². The lowest BCUT2D eigenvalue weighted by Crippen LogP contribution is -2.18. The molecule has 0 atom stereocenters. The molecule has 0 saturated heterocycles. The molecule has 6 heteroatoms. The molecule has 0 unspecified atom stereocenters. The highest BCUT2D eigenvalue weighted by atomic mass is 32.2. The van der Waals surface area contributed by atoms with Gasteiger partial charge in [0.25, 0.3) is 15.9 Å². The molecular formula is C25H28N2O3S. The quantitative estimate of drug-likeness (QED) is 0.515. The highest BCUT2D eigenvalue weighted by Crippen LogP contribution is 2.25. The SMILES string of the molecule is CCc1cccc(CC)c1NC(=O)c1ccc(C)c(S(=O)(=O)Nc2ccc(C)cc2)c1. The van der Waals surface area contributed by atoms with E-state index in [0.717, 1.165) is 35.2 Å². The van der Waals surface area contributed by atoms with Crippen LogP contribution in [0.4, 0.5) is 11.4 Å². The fourth-order valence-corrected chi connectivity index (χ4v) is 4.78. The van der Waals surface area contributed by atoms with Crippen LogP contribution < -0.4 is 10.0 Å². The molecule has 3 aromatic rings. The van der Waals surface area contributed by atoms with Gasteiger partial charge in [-0.3, -0.25) is 9.52 Å². The minimum absolute atomic E-state index is 0.0835. The van der Waals surface area contributed by atoms with E-state index in [2.05, 4.69) is 10.0 Å². The summed E-state index contributed by atoms with van der Waals surface area (Å²) in [5.41, 5.74) is 5.28. The van der Waals surface area contributed by atoms with Gasteiger partial charge in [-0.05, 0) is 67.6 Å². The third-order valence-corrected chi connectivity index (χ3v) is 6.80. The van der Waals surface area contributed by atoms with Crippen molar-refractivity contribution in [2.24, 2.45) is 0 Å². The molecule has 0 spiro atoms. The van der Waals surface area contributed by atoms with Crippen LogP contribution in [-0.2, 0) is 22.9 Å². The maximum absolute atomic E-state index is 13.0. The van der Waals surface area contributed by atoms with Crippen molar-refractivity contribution in [2.45, 2.75) is 45.4 Å². The lowest BCUT2D eigenvalue weighted by atomic mass is 10.0. The number of aryl methyl sites for hydroxylation is 4. The van der Waals surface area contributed by atoms with E-state index in [1.807, 2.05) is 51.1 Å². The zero-order valence-corrected chi connectivity index (χ0v) is 19.1. The van der Waals surface area contributed by atoms with Gasteiger partial charge >= 0.3 is 0 Å². The van der Waals surface area contributed by atoms with Crippen LogP contribution >= 0.6 is 0 Å². The Balaban J connectivity index is 1.92. The number of nitrogens with one attached hydrogen (secondary N) is 2. The summed E-state index contributed by atoms with van der Waals surface area (Å²) < 4.78 is 28.6. The summed E-state index contributed by atoms with van der Waals surface area (Å²) in [5.74, 6) is -0.331. The second kappa shape index (κ2) is 9.35. The molecule has 31 heavy (non-hydrogen) atoms. The first-order chi connectivity index (χ1) is 14.7. The summed E-state index contributed by atoms with van der Waals surface area (Å²) >= 11 is 0. The number of rotatable bonds is 7. The molecule has 162 valence electrons. The first-order valence-corrected chi connectivity index (χ1v) is 11.9. The van der Waals surface area contributed by atoms with Crippen molar-refractivity contribution in [3.63, 3.8) is 0 Å². The van der Waals surface area contributed by atoms with Crippen molar-refractivity contribution in [1.29, 1.82) is 0 Å². The minimum atomic E-state index is -3.84. The highest BCUT2D eigenvalue weighted by molar-refractivity contribution is 7.92. The summed E-state index contributed by atoms with van der Waals surface area (Å²) in [6.45, 7) is 7.73. The van der Waals surface area contributed by atoms with Crippen molar-refractivity contribution >= 4 is 27.3 Å². The van der Waals surface area contributed by atoms with Crippen LogP contribution in [0.1, 0.15) is 46.5 Å². The van der Waals surface area contributed by atoms with Gasteiger partial charge in [0.1, 0.15) is 0 Å². The molecule has 0 aliphatic rings. The molecule has 2 N–H and O–H groups in total. The number of hydrogen-bond donors (Lipinski definition) is 2. The van der Waals surface area contributed by atoms with Crippen LogP contribution in [0.25, 0.3) is 0 Å². The van der Waals surface area contributed by atoms with E-state index in [1.54, 1.807) is 31.2 Å². The van der Waals surface area contributed by atoms with Crippen molar-refractivity contribution in [2.75, 3.05) is 10.0 Å². The second-order valence-electron chi connectivity index (χ2n) is 7.56. The van der Waals surface area contributed by atoms with Gasteiger partial charge in [0.2, 0.25) is 0 Å². The van der Waals surface area contributed by atoms with Crippen LogP contribution in [0, 0.1) is 13.8 Å². The van der Waals surface area contributed by atoms with E-state index in [1.165, 1.54) is 6.07 Å². The predicted octanol–water partition coefficient (Wildman–Crippen LogP) is 5.48. The molecule has 0 bridgehead atoms. The number of benzene rings is 3. The van der Waals surface area contributed by atoms with Crippen molar-refractivity contribution in [3.05, 3.63) is 88.5 Å². The average molecular weight is 437 g/mol. The molecule has 0 aliphatic carbocycles. The number of sulfonamides is 1. The number of anilines is 2. The van der Waals surface area contributed by atoms with E-state index in [9.17, 15) is 13.2 Å². The summed E-state index contributed by atoms with van der Waals surface area (Å²) in [6, 6.07) is 17.8. The van der Waals surface area contributed by atoms with Gasteiger partial charge in [-0.15, -0.1) is 0 Å². The van der Waals surface area contributed by atoms with Gasteiger partial charge in [0, 0.05) is 16.9 Å². The van der Waals surface area contributed by atoms with Gasteiger partial charge in [0.15, 0.2) is 0 Å². The number of carbonyl (C=O) groups excluding carboxylic acids is 1. The van der Waals surface area contributed by atoms with Crippen LogP contribution in [0.3, 0.4) is 0 Å². The Kier molecular flexibility index (Phi) is 6.81. The zero-order valence-electron chi connectivity index (χ0n) is 18.3. The molecular weight excluding hydrogens is 408 g/mol. The Hall–Kier alpha value is -3.12. The third kappa shape index (κ3) is 5.14. The van der Waals surface area contributed by atoms with E-state index < -0.39 is 10.0 Å². The fourth-order valence-electron chi connectivity index (χ4n) is 3.45. The summed E-state index contributed by atoms with van der Waals surface area (Å²) in [5, 5.41) is 3.00. The molecule has 5 nitrogen and oxygen atoms in total. The van der Waals surface area contributed by atoms with Gasteiger partial charge in [-0.25, -0.2) is 8.42 Å². The van der Waals surface area contributed by atoms with Gasteiger partial charge in [-0.1, -0.05) is 55.8 Å². The maximum Gasteiger partial charge on any atom is 0.262 e. The minimum Gasteiger partial charge on any atom is -0.321 e. The number of amides is 1. The normalized spacial score (nSPS) is 11.2. The Morgan fingerprint density at radius 1 is 0.871 bits per heavy atom. The molecule has 0 saturated carbocycles. The van der Waals surface area contributed by atoms with Crippen molar-refractivity contribution < 1.29 is 13.2 Å². The number of hydrogen-bond acceptors (Lipinski definition) is 3. The van der Waals surface area contributed by atoms with Crippen molar-refractivity contribution in [3.8, 4) is 0 Å². The van der Waals surface area contributed by atoms with E-state index in [4.69, 9.17) is 0 Å². The zero-order chi connectivity index (χ0) is 22.6. The molecule has 3 aromatic carbocycles. The van der Waals surface area contributed by atoms with E-state index in [0.29, 0.717) is 16.8 Å². The summed E-state index contributed by atoms with van der Waals surface area (Å²) in [7, 11) is -3.84. The van der Waals surface area contributed by atoms with Crippen LogP contribution in [0.2, 0.25) is 0 Å². The third-order valence-electron chi connectivity index (χ3n) is 5.28. The molecule has 0 heterocycles. The maximum atomic E-state index is 13.0.